The van der Waals surface area contributed by atoms with E-state index in [9.17, 15) is 4.79 Å². The Balaban J connectivity index is 1.58. The van der Waals surface area contributed by atoms with E-state index in [2.05, 4.69) is 17.5 Å². The molecule has 0 amide bonds. The molecular weight excluding hydrogens is 266 g/mol. The van der Waals surface area contributed by atoms with Crippen molar-refractivity contribution in [3.05, 3.63) is 48.0 Å². The molecule has 2 aliphatic rings. The van der Waals surface area contributed by atoms with E-state index in [1.54, 1.807) is 7.11 Å². The second-order valence-electron chi connectivity index (χ2n) is 5.87. The van der Waals surface area contributed by atoms with Crippen LogP contribution in [-0.4, -0.2) is 25.3 Å². The highest BCUT2D eigenvalue weighted by atomic mass is 16.5. The molecule has 21 heavy (non-hydrogen) atoms. The van der Waals surface area contributed by atoms with Gasteiger partial charge in [0.25, 0.3) is 0 Å². The summed E-state index contributed by atoms with van der Waals surface area (Å²) in [6.07, 6.45) is 6.95. The lowest BCUT2D eigenvalue weighted by Gasteiger charge is -2.28. The van der Waals surface area contributed by atoms with Crippen LogP contribution >= 0.6 is 0 Å². The molecule has 4 nitrogen and oxygen atoms in total. The minimum atomic E-state index is -0.279. The first kappa shape index (κ1) is 14.3. The molecule has 0 aromatic heterocycles. The summed E-state index contributed by atoms with van der Waals surface area (Å²) in [6, 6.07) is 9.46. The number of esters is 1. The highest BCUT2D eigenvalue weighted by Crippen LogP contribution is 2.45. The fourth-order valence-corrected chi connectivity index (χ4v) is 3.33. The highest BCUT2D eigenvalue weighted by molar-refractivity contribution is 5.76. The minimum Gasteiger partial charge on any atom is -0.460 e. The maximum Gasteiger partial charge on any atom is 0.323 e. The molecule has 0 radical (unpaired) electrons. The number of carbonyl (C=O) groups excluding carboxylic acids is 1. The van der Waals surface area contributed by atoms with E-state index < -0.39 is 0 Å². The molecule has 1 spiro atoms. The second kappa shape index (κ2) is 6.00. The number of rotatable bonds is 4. The Morgan fingerprint density at radius 2 is 2.00 bits per heavy atom. The standard InChI is InChI=1S/C17H21NO3/c1-20-16-17(9-5-6-10-17)11-14(18-16)15(19)21-12-13-7-3-2-4-8-13/h2-8,14,16,18H,9-12H2,1H3. The molecule has 2 atom stereocenters. The normalized spacial score (nSPS) is 26.3. The summed E-state index contributed by atoms with van der Waals surface area (Å²) in [5.41, 5.74) is 1.02. The van der Waals surface area contributed by atoms with E-state index in [-0.39, 0.29) is 23.7 Å². The van der Waals surface area contributed by atoms with Gasteiger partial charge in [-0.05, 0) is 24.8 Å². The Labute approximate surface area is 125 Å². The molecule has 1 aliphatic carbocycles. The van der Waals surface area contributed by atoms with Crippen molar-refractivity contribution >= 4 is 5.97 Å². The number of benzene rings is 1. The van der Waals surface area contributed by atoms with Crippen molar-refractivity contribution in [1.82, 2.24) is 5.32 Å². The lowest BCUT2D eigenvalue weighted by atomic mass is 9.81. The van der Waals surface area contributed by atoms with E-state index in [1.807, 2.05) is 30.3 Å². The van der Waals surface area contributed by atoms with Crippen LogP contribution in [-0.2, 0) is 20.9 Å². The van der Waals surface area contributed by atoms with Crippen LogP contribution in [0.5, 0.6) is 0 Å². The molecule has 0 bridgehead atoms. The number of allylic oxidation sites excluding steroid dienone is 2. The predicted molar refractivity (Wildman–Crippen MR) is 79.4 cm³/mol. The zero-order chi connectivity index (χ0) is 14.7. The van der Waals surface area contributed by atoms with Crippen LogP contribution in [0.4, 0.5) is 0 Å². The molecule has 1 aromatic rings. The van der Waals surface area contributed by atoms with Gasteiger partial charge in [-0.1, -0.05) is 42.5 Å². The average molecular weight is 287 g/mol. The Hall–Kier alpha value is -1.65. The minimum absolute atomic E-state index is 0.0190. The van der Waals surface area contributed by atoms with Crippen LogP contribution in [0.15, 0.2) is 42.5 Å². The van der Waals surface area contributed by atoms with E-state index >= 15 is 0 Å². The number of hydrogen-bond acceptors (Lipinski definition) is 4. The van der Waals surface area contributed by atoms with Crippen LogP contribution in [0.1, 0.15) is 24.8 Å². The molecule has 1 aromatic carbocycles. The first-order valence-electron chi connectivity index (χ1n) is 7.38. The molecule has 1 heterocycles. The summed E-state index contributed by atoms with van der Waals surface area (Å²) >= 11 is 0. The third-order valence-electron chi connectivity index (χ3n) is 4.48. The lowest BCUT2D eigenvalue weighted by molar-refractivity contribution is -0.147. The van der Waals surface area contributed by atoms with E-state index in [0.717, 1.165) is 24.8 Å². The number of ether oxygens (including phenoxy) is 2. The summed E-state index contributed by atoms with van der Waals surface area (Å²) < 4.78 is 11.0. The largest absolute Gasteiger partial charge is 0.460 e. The Morgan fingerprint density at radius 3 is 2.67 bits per heavy atom. The monoisotopic (exact) mass is 287 g/mol. The second-order valence-corrected chi connectivity index (χ2v) is 5.87. The highest BCUT2D eigenvalue weighted by Gasteiger charge is 2.50. The summed E-state index contributed by atoms with van der Waals surface area (Å²) in [5.74, 6) is -0.190. The van der Waals surface area contributed by atoms with Gasteiger partial charge in [0.1, 0.15) is 18.9 Å². The fraction of sp³-hybridized carbons (Fsp3) is 0.471. The molecule has 1 aliphatic heterocycles. The van der Waals surface area contributed by atoms with Crippen LogP contribution in [0.2, 0.25) is 0 Å². The van der Waals surface area contributed by atoms with Crippen molar-refractivity contribution < 1.29 is 14.3 Å². The Morgan fingerprint density at radius 1 is 1.29 bits per heavy atom. The maximum atomic E-state index is 12.3. The van der Waals surface area contributed by atoms with Crippen molar-refractivity contribution in [1.29, 1.82) is 0 Å². The van der Waals surface area contributed by atoms with Crippen LogP contribution in [0.25, 0.3) is 0 Å². The first-order valence-corrected chi connectivity index (χ1v) is 7.38. The number of carbonyl (C=O) groups is 1. The zero-order valence-corrected chi connectivity index (χ0v) is 12.2. The van der Waals surface area contributed by atoms with Crippen molar-refractivity contribution in [2.75, 3.05) is 7.11 Å². The van der Waals surface area contributed by atoms with Crippen molar-refractivity contribution in [3.8, 4) is 0 Å². The molecular formula is C17H21NO3. The van der Waals surface area contributed by atoms with Gasteiger partial charge >= 0.3 is 5.97 Å². The maximum absolute atomic E-state index is 12.3. The van der Waals surface area contributed by atoms with Gasteiger partial charge in [-0.2, -0.15) is 0 Å². The van der Waals surface area contributed by atoms with Gasteiger partial charge in [-0.15, -0.1) is 0 Å². The average Bonchev–Trinajstić information content (AvgIpc) is 3.14. The predicted octanol–water partition coefficient (Wildman–Crippen LogP) is 2.40. The van der Waals surface area contributed by atoms with E-state index in [0.29, 0.717) is 6.61 Å². The first-order chi connectivity index (χ1) is 10.2. The SMILES string of the molecule is COC1NC(C(=O)OCc2ccccc2)CC12CC=CC2. The number of nitrogens with one attached hydrogen (secondary N) is 1. The van der Waals surface area contributed by atoms with Gasteiger partial charge in [0.2, 0.25) is 0 Å². The Bertz CT molecular complexity index is 518. The van der Waals surface area contributed by atoms with Crippen LogP contribution in [0.3, 0.4) is 0 Å². The number of methoxy groups -OCH3 is 1. The van der Waals surface area contributed by atoms with Gasteiger partial charge in [-0.3, -0.25) is 10.1 Å². The van der Waals surface area contributed by atoms with Crippen LogP contribution < -0.4 is 5.32 Å². The van der Waals surface area contributed by atoms with Crippen LogP contribution in [0, 0.1) is 5.41 Å². The molecule has 2 unspecified atom stereocenters. The number of hydrogen-bond donors (Lipinski definition) is 1. The smallest absolute Gasteiger partial charge is 0.323 e. The van der Waals surface area contributed by atoms with Gasteiger partial charge in [-0.25, -0.2) is 0 Å². The molecule has 0 saturated carbocycles. The van der Waals surface area contributed by atoms with E-state index in [1.165, 1.54) is 0 Å². The van der Waals surface area contributed by atoms with Gasteiger partial charge in [0.15, 0.2) is 0 Å². The summed E-state index contributed by atoms with van der Waals surface area (Å²) in [5, 5.41) is 3.27. The molecule has 1 saturated heterocycles. The van der Waals surface area contributed by atoms with Crippen molar-refractivity contribution in [3.63, 3.8) is 0 Å². The summed E-state index contributed by atoms with van der Waals surface area (Å²) in [7, 11) is 1.69. The fourth-order valence-electron chi connectivity index (χ4n) is 3.33. The lowest BCUT2D eigenvalue weighted by Crippen LogP contribution is -2.40. The van der Waals surface area contributed by atoms with Gasteiger partial charge < -0.3 is 9.47 Å². The van der Waals surface area contributed by atoms with E-state index in [4.69, 9.17) is 9.47 Å². The van der Waals surface area contributed by atoms with Crippen molar-refractivity contribution in [2.45, 2.75) is 38.1 Å². The third-order valence-corrected chi connectivity index (χ3v) is 4.48. The summed E-state index contributed by atoms with van der Waals surface area (Å²) in [6.45, 7) is 0.320. The molecule has 3 rings (SSSR count). The van der Waals surface area contributed by atoms with Crippen molar-refractivity contribution in [2.24, 2.45) is 5.41 Å². The zero-order valence-electron chi connectivity index (χ0n) is 12.2. The third kappa shape index (κ3) is 2.87. The van der Waals surface area contributed by atoms with Gasteiger partial charge in [0.05, 0.1) is 0 Å². The summed E-state index contributed by atoms with van der Waals surface area (Å²) in [4.78, 5) is 12.3. The molecule has 1 N–H and O–H groups in total. The quantitative estimate of drug-likeness (QED) is 0.682. The molecule has 4 heteroatoms. The van der Waals surface area contributed by atoms with Gasteiger partial charge in [0, 0.05) is 12.5 Å². The Kier molecular flexibility index (Phi) is 4.08. The topological polar surface area (TPSA) is 47.6 Å². The molecule has 112 valence electrons. The molecule has 1 fully saturated rings.